The molecular formula is C14H17BrN4OS. The minimum absolute atomic E-state index is 0.160. The SMILES string of the molecule is CCn1c(Sc2cc(Br)ccc2CNC2CC2)n[nH]c1=O. The number of rotatable bonds is 6. The number of H-pyrrole nitrogens is 1. The maximum Gasteiger partial charge on any atom is 0.343 e. The molecule has 21 heavy (non-hydrogen) atoms. The average molecular weight is 369 g/mol. The lowest BCUT2D eigenvalue weighted by molar-refractivity contribution is 0.659. The Morgan fingerprint density at radius 3 is 3.05 bits per heavy atom. The summed E-state index contributed by atoms with van der Waals surface area (Å²) in [6, 6.07) is 6.91. The molecule has 0 spiro atoms. The van der Waals surface area contributed by atoms with Crippen molar-refractivity contribution in [2.24, 2.45) is 0 Å². The van der Waals surface area contributed by atoms with Crippen LogP contribution in [-0.4, -0.2) is 20.8 Å². The van der Waals surface area contributed by atoms with Gasteiger partial charge in [0, 0.05) is 28.5 Å². The van der Waals surface area contributed by atoms with Crippen LogP contribution in [0.1, 0.15) is 25.3 Å². The maximum absolute atomic E-state index is 11.6. The second-order valence-electron chi connectivity index (χ2n) is 5.06. The molecule has 2 aromatic rings. The number of benzene rings is 1. The third-order valence-electron chi connectivity index (χ3n) is 3.43. The van der Waals surface area contributed by atoms with Crippen molar-refractivity contribution in [2.75, 3.05) is 0 Å². The van der Waals surface area contributed by atoms with Crippen molar-refractivity contribution in [3.8, 4) is 0 Å². The van der Waals surface area contributed by atoms with E-state index in [4.69, 9.17) is 0 Å². The summed E-state index contributed by atoms with van der Waals surface area (Å²) < 4.78 is 2.67. The van der Waals surface area contributed by atoms with Gasteiger partial charge < -0.3 is 5.32 Å². The molecule has 0 saturated heterocycles. The van der Waals surface area contributed by atoms with Crippen LogP contribution < -0.4 is 11.0 Å². The van der Waals surface area contributed by atoms with E-state index in [9.17, 15) is 4.79 Å². The third-order valence-corrected chi connectivity index (χ3v) is 5.02. The summed E-state index contributed by atoms with van der Waals surface area (Å²) in [7, 11) is 0. The van der Waals surface area contributed by atoms with Gasteiger partial charge in [-0.05, 0) is 49.2 Å². The normalized spacial score (nSPS) is 14.6. The Morgan fingerprint density at radius 2 is 2.33 bits per heavy atom. The first-order chi connectivity index (χ1) is 10.2. The minimum atomic E-state index is -0.160. The molecule has 1 heterocycles. The van der Waals surface area contributed by atoms with Gasteiger partial charge >= 0.3 is 5.69 Å². The van der Waals surface area contributed by atoms with E-state index in [1.807, 2.05) is 13.0 Å². The van der Waals surface area contributed by atoms with Crippen molar-refractivity contribution in [2.45, 2.75) is 48.9 Å². The summed E-state index contributed by atoms with van der Waals surface area (Å²) in [5, 5.41) is 10.9. The van der Waals surface area contributed by atoms with Gasteiger partial charge in [-0.3, -0.25) is 4.57 Å². The zero-order valence-corrected chi connectivity index (χ0v) is 14.1. The summed E-state index contributed by atoms with van der Waals surface area (Å²) in [5.41, 5.74) is 1.07. The average Bonchev–Trinajstić information content (AvgIpc) is 3.22. The fourth-order valence-corrected chi connectivity index (χ4v) is 3.65. The molecule has 0 aliphatic heterocycles. The Kier molecular flexibility index (Phi) is 4.51. The predicted molar refractivity (Wildman–Crippen MR) is 86.6 cm³/mol. The quantitative estimate of drug-likeness (QED) is 0.822. The van der Waals surface area contributed by atoms with Gasteiger partial charge in [0.05, 0.1) is 0 Å². The first-order valence-electron chi connectivity index (χ1n) is 7.02. The number of hydrogen-bond donors (Lipinski definition) is 2. The van der Waals surface area contributed by atoms with E-state index >= 15 is 0 Å². The molecule has 1 aromatic heterocycles. The third kappa shape index (κ3) is 3.59. The molecule has 3 rings (SSSR count). The lowest BCUT2D eigenvalue weighted by Gasteiger charge is -2.10. The highest BCUT2D eigenvalue weighted by molar-refractivity contribution is 9.10. The fraction of sp³-hybridized carbons (Fsp3) is 0.429. The van der Waals surface area contributed by atoms with E-state index in [0.717, 1.165) is 15.9 Å². The first-order valence-corrected chi connectivity index (χ1v) is 8.63. The van der Waals surface area contributed by atoms with Crippen LogP contribution in [0.4, 0.5) is 0 Å². The summed E-state index contributed by atoms with van der Waals surface area (Å²) in [6.07, 6.45) is 2.54. The van der Waals surface area contributed by atoms with Crippen LogP contribution >= 0.6 is 27.7 Å². The highest BCUT2D eigenvalue weighted by Gasteiger charge is 2.21. The van der Waals surface area contributed by atoms with Crippen molar-refractivity contribution < 1.29 is 0 Å². The number of nitrogens with one attached hydrogen (secondary N) is 2. The molecule has 1 aromatic carbocycles. The highest BCUT2D eigenvalue weighted by atomic mass is 79.9. The smallest absolute Gasteiger partial charge is 0.310 e. The monoisotopic (exact) mass is 368 g/mol. The molecule has 0 atom stereocenters. The molecule has 0 unspecified atom stereocenters. The minimum Gasteiger partial charge on any atom is -0.310 e. The number of aromatic nitrogens is 3. The Morgan fingerprint density at radius 1 is 1.52 bits per heavy atom. The molecule has 1 aliphatic carbocycles. The molecule has 0 radical (unpaired) electrons. The topological polar surface area (TPSA) is 62.7 Å². The predicted octanol–water partition coefficient (Wildman–Crippen LogP) is 2.76. The standard InChI is InChI=1S/C14H17BrN4OS/c1-2-19-13(20)17-18-14(19)21-12-7-10(15)4-3-9(12)8-16-11-5-6-11/h3-4,7,11,16H,2,5-6,8H2,1H3,(H,17,20). The van der Waals surface area contributed by atoms with Crippen molar-refractivity contribution in [1.82, 2.24) is 20.1 Å². The van der Waals surface area contributed by atoms with E-state index in [1.165, 1.54) is 30.2 Å². The number of nitrogens with zero attached hydrogens (tertiary/aromatic N) is 2. The van der Waals surface area contributed by atoms with Gasteiger partial charge in [0.2, 0.25) is 0 Å². The van der Waals surface area contributed by atoms with Crippen LogP contribution in [0.5, 0.6) is 0 Å². The second-order valence-corrected chi connectivity index (χ2v) is 6.99. The van der Waals surface area contributed by atoms with E-state index < -0.39 is 0 Å². The molecule has 0 amide bonds. The lowest BCUT2D eigenvalue weighted by atomic mass is 10.2. The maximum atomic E-state index is 11.6. The van der Waals surface area contributed by atoms with E-state index in [1.54, 1.807) is 4.57 Å². The van der Waals surface area contributed by atoms with Gasteiger partial charge in [0.1, 0.15) is 0 Å². The Bertz CT molecular complexity index is 693. The van der Waals surface area contributed by atoms with E-state index in [0.29, 0.717) is 17.7 Å². The van der Waals surface area contributed by atoms with Gasteiger partial charge in [-0.15, -0.1) is 5.10 Å². The molecule has 2 N–H and O–H groups in total. The van der Waals surface area contributed by atoms with Gasteiger partial charge in [0.15, 0.2) is 5.16 Å². The van der Waals surface area contributed by atoms with Crippen LogP contribution in [0.2, 0.25) is 0 Å². The summed E-state index contributed by atoms with van der Waals surface area (Å²) in [4.78, 5) is 12.8. The van der Waals surface area contributed by atoms with E-state index in [2.05, 4.69) is 43.6 Å². The lowest BCUT2D eigenvalue weighted by Crippen LogP contribution is -2.17. The summed E-state index contributed by atoms with van der Waals surface area (Å²) in [5.74, 6) is 0. The molecule has 7 heteroatoms. The van der Waals surface area contributed by atoms with Crippen LogP contribution in [-0.2, 0) is 13.1 Å². The number of hydrogen-bond acceptors (Lipinski definition) is 4. The Balaban J connectivity index is 1.85. The van der Waals surface area contributed by atoms with Crippen LogP contribution in [0.15, 0.2) is 37.5 Å². The summed E-state index contributed by atoms with van der Waals surface area (Å²) in [6.45, 7) is 3.40. The molecule has 1 fully saturated rings. The molecule has 0 bridgehead atoms. The summed E-state index contributed by atoms with van der Waals surface area (Å²) >= 11 is 5.04. The van der Waals surface area contributed by atoms with Crippen LogP contribution in [0.25, 0.3) is 0 Å². The second kappa shape index (κ2) is 6.37. The Hall–Kier alpha value is -1.05. The molecular weight excluding hydrogens is 352 g/mol. The largest absolute Gasteiger partial charge is 0.343 e. The van der Waals surface area contributed by atoms with Crippen molar-refractivity contribution in [3.63, 3.8) is 0 Å². The molecule has 1 aliphatic rings. The van der Waals surface area contributed by atoms with Gasteiger partial charge in [-0.2, -0.15) is 0 Å². The van der Waals surface area contributed by atoms with Gasteiger partial charge in [-0.1, -0.05) is 22.0 Å². The van der Waals surface area contributed by atoms with Crippen LogP contribution in [0.3, 0.4) is 0 Å². The van der Waals surface area contributed by atoms with Crippen molar-refractivity contribution >= 4 is 27.7 Å². The van der Waals surface area contributed by atoms with Gasteiger partial charge in [-0.25, -0.2) is 9.89 Å². The fourth-order valence-electron chi connectivity index (χ4n) is 2.07. The molecule has 5 nitrogen and oxygen atoms in total. The van der Waals surface area contributed by atoms with Crippen molar-refractivity contribution in [1.29, 1.82) is 0 Å². The zero-order chi connectivity index (χ0) is 14.8. The van der Waals surface area contributed by atoms with Crippen molar-refractivity contribution in [3.05, 3.63) is 38.7 Å². The van der Waals surface area contributed by atoms with Crippen LogP contribution in [0, 0.1) is 0 Å². The Labute approximate surface area is 135 Å². The number of halogens is 1. The van der Waals surface area contributed by atoms with E-state index in [-0.39, 0.29) is 5.69 Å². The molecule has 112 valence electrons. The zero-order valence-electron chi connectivity index (χ0n) is 11.7. The first kappa shape index (κ1) is 14.9. The molecule has 1 saturated carbocycles. The van der Waals surface area contributed by atoms with Gasteiger partial charge in [0.25, 0.3) is 0 Å². The number of aromatic amines is 1. The highest BCUT2D eigenvalue weighted by Crippen LogP contribution is 2.31.